The quantitative estimate of drug-likeness (QED) is 0.484. The number of nitrogens with two attached hydrogens (primary N) is 1. The van der Waals surface area contributed by atoms with Gasteiger partial charge in [-0.05, 0) is 43.2 Å². The highest BCUT2D eigenvalue weighted by molar-refractivity contribution is 7.22. The highest BCUT2D eigenvalue weighted by Crippen LogP contribution is 2.33. The summed E-state index contributed by atoms with van der Waals surface area (Å²) < 4.78 is 1.12. The fourth-order valence-electron chi connectivity index (χ4n) is 2.70. The van der Waals surface area contributed by atoms with Crippen LogP contribution in [-0.4, -0.2) is 15.0 Å². The highest BCUT2D eigenvalue weighted by atomic mass is 32.1. The van der Waals surface area contributed by atoms with E-state index in [9.17, 15) is 0 Å². The third kappa shape index (κ3) is 3.16. The Hall–Kier alpha value is -3.19. The molecule has 0 spiro atoms. The van der Waals surface area contributed by atoms with E-state index in [0.29, 0.717) is 17.3 Å². The zero-order valence-electron chi connectivity index (χ0n) is 14.4. The number of anilines is 5. The maximum Gasteiger partial charge on any atom is 0.189 e. The summed E-state index contributed by atoms with van der Waals surface area (Å²) in [6.45, 7) is 4.09. The van der Waals surface area contributed by atoms with Gasteiger partial charge in [0, 0.05) is 5.69 Å². The van der Waals surface area contributed by atoms with Crippen LogP contribution in [0.4, 0.5) is 28.1 Å². The number of hydrogen-bond acceptors (Lipinski definition) is 7. The monoisotopic (exact) mass is 362 g/mol. The maximum atomic E-state index is 6.27. The van der Waals surface area contributed by atoms with Crippen molar-refractivity contribution in [3.8, 4) is 0 Å². The molecule has 0 amide bonds. The van der Waals surface area contributed by atoms with Crippen LogP contribution >= 0.6 is 11.3 Å². The number of hydrogen-bond donors (Lipinski definition) is 3. The molecule has 0 fully saturated rings. The lowest BCUT2D eigenvalue weighted by molar-refractivity contribution is 1.17. The second-order valence-electron chi connectivity index (χ2n) is 6.04. The first-order valence-electron chi connectivity index (χ1n) is 8.17. The molecule has 0 unspecified atom stereocenters. The number of fused-ring (bicyclic) bond motifs is 1. The van der Waals surface area contributed by atoms with Crippen molar-refractivity contribution in [2.75, 3.05) is 16.4 Å². The molecule has 26 heavy (non-hydrogen) atoms. The first kappa shape index (κ1) is 16.3. The minimum absolute atomic E-state index is 0.449. The van der Waals surface area contributed by atoms with Crippen molar-refractivity contribution in [2.24, 2.45) is 0 Å². The van der Waals surface area contributed by atoms with Gasteiger partial charge in [0.1, 0.15) is 12.0 Å². The van der Waals surface area contributed by atoms with E-state index in [0.717, 1.165) is 32.2 Å². The van der Waals surface area contributed by atoms with Crippen molar-refractivity contribution >= 4 is 49.7 Å². The van der Waals surface area contributed by atoms with Crippen molar-refractivity contribution in [3.05, 3.63) is 59.9 Å². The van der Waals surface area contributed by atoms with Crippen LogP contribution in [0.5, 0.6) is 0 Å². The van der Waals surface area contributed by atoms with E-state index < -0.39 is 0 Å². The van der Waals surface area contributed by atoms with E-state index >= 15 is 0 Å². The zero-order chi connectivity index (χ0) is 18.1. The predicted molar refractivity (Wildman–Crippen MR) is 109 cm³/mol. The summed E-state index contributed by atoms with van der Waals surface area (Å²) in [6, 6.07) is 14.2. The van der Waals surface area contributed by atoms with Gasteiger partial charge >= 0.3 is 0 Å². The number of benzene rings is 2. The highest BCUT2D eigenvalue weighted by Gasteiger charge is 2.12. The average Bonchev–Trinajstić information content (AvgIpc) is 3.03. The van der Waals surface area contributed by atoms with Gasteiger partial charge in [-0.2, -0.15) is 0 Å². The molecule has 0 radical (unpaired) electrons. The lowest BCUT2D eigenvalue weighted by Crippen LogP contribution is -2.05. The first-order chi connectivity index (χ1) is 12.6. The van der Waals surface area contributed by atoms with E-state index in [4.69, 9.17) is 5.73 Å². The Morgan fingerprint density at radius 3 is 2.50 bits per heavy atom. The molecule has 0 saturated heterocycles. The van der Waals surface area contributed by atoms with Crippen LogP contribution in [0, 0.1) is 13.8 Å². The Bertz CT molecular complexity index is 1090. The summed E-state index contributed by atoms with van der Waals surface area (Å²) >= 11 is 1.57. The van der Waals surface area contributed by atoms with Crippen molar-refractivity contribution < 1.29 is 0 Å². The lowest BCUT2D eigenvalue weighted by Gasteiger charge is -2.11. The van der Waals surface area contributed by atoms with E-state index in [-0.39, 0.29) is 0 Å². The van der Waals surface area contributed by atoms with E-state index in [2.05, 4.69) is 44.6 Å². The molecule has 130 valence electrons. The number of nitrogens with zero attached hydrogens (tertiary/aromatic N) is 3. The number of nitrogens with one attached hydrogen (secondary N) is 2. The number of aromatic nitrogens is 3. The molecule has 0 aliphatic rings. The summed E-state index contributed by atoms with van der Waals surface area (Å²) in [7, 11) is 0. The van der Waals surface area contributed by atoms with Gasteiger partial charge in [0.15, 0.2) is 16.8 Å². The second-order valence-corrected chi connectivity index (χ2v) is 7.08. The van der Waals surface area contributed by atoms with E-state index in [1.165, 1.54) is 6.33 Å². The van der Waals surface area contributed by atoms with Crippen LogP contribution < -0.4 is 16.4 Å². The maximum absolute atomic E-state index is 6.27. The average molecular weight is 362 g/mol. The zero-order valence-corrected chi connectivity index (χ0v) is 15.3. The van der Waals surface area contributed by atoms with Crippen molar-refractivity contribution in [3.63, 3.8) is 0 Å². The fourth-order valence-corrected chi connectivity index (χ4v) is 3.64. The largest absolute Gasteiger partial charge is 0.393 e. The van der Waals surface area contributed by atoms with Gasteiger partial charge in [-0.1, -0.05) is 35.6 Å². The Morgan fingerprint density at radius 1 is 0.962 bits per heavy atom. The number of rotatable bonds is 4. The number of para-hydroxylation sites is 1. The lowest BCUT2D eigenvalue weighted by atomic mass is 10.2. The number of thiazole rings is 1. The third-order valence-electron chi connectivity index (χ3n) is 4.01. The molecule has 0 atom stereocenters. The Kier molecular flexibility index (Phi) is 4.14. The summed E-state index contributed by atoms with van der Waals surface area (Å²) in [5, 5.41) is 7.21. The molecular weight excluding hydrogens is 344 g/mol. The van der Waals surface area contributed by atoms with E-state index in [1.807, 2.05) is 37.3 Å². The minimum Gasteiger partial charge on any atom is -0.393 e. The summed E-state index contributed by atoms with van der Waals surface area (Å²) in [5.74, 6) is 1.09. The molecule has 0 bridgehead atoms. The van der Waals surface area contributed by atoms with Crippen LogP contribution in [-0.2, 0) is 0 Å². The first-order valence-corrected chi connectivity index (χ1v) is 8.99. The number of nitrogen functional groups attached to an aromatic ring is 1. The third-order valence-corrected chi connectivity index (χ3v) is 4.95. The van der Waals surface area contributed by atoms with Gasteiger partial charge in [-0.3, -0.25) is 0 Å². The normalized spacial score (nSPS) is 10.8. The topological polar surface area (TPSA) is 88.8 Å². The van der Waals surface area contributed by atoms with Crippen molar-refractivity contribution in [2.45, 2.75) is 13.8 Å². The molecular formula is C19H18N6S. The molecule has 4 aromatic rings. The van der Waals surface area contributed by atoms with Crippen LogP contribution in [0.15, 0.2) is 48.8 Å². The molecule has 0 saturated carbocycles. The van der Waals surface area contributed by atoms with Gasteiger partial charge in [0.25, 0.3) is 0 Å². The van der Waals surface area contributed by atoms with Crippen LogP contribution in [0.1, 0.15) is 11.1 Å². The van der Waals surface area contributed by atoms with E-state index in [1.54, 1.807) is 11.3 Å². The molecule has 2 heterocycles. The molecule has 4 rings (SSSR count). The smallest absolute Gasteiger partial charge is 0.189 e. The summed E-state index contributed by atoms with van der Waals surface area (Å²) in [6.07, 6.45) is 1.48. The molecule has 6 nitrogen and oxygen atoms in total. The standard InChI is InChI=1S/C19H18N6S/c1-11-5-3-7-13(9-11)23-17-15(20)18(22-10-21-17)25-19-24-16-12(2)6-4-8-14(16)26-19/h3-10H,20H2,1-2H3,(H2,21,22,23,24,25). The fraction of sp³-hybridized carbons (Fsp3) is 0.105. The predicted octanol–water partition coefficient (Wildman–Crippen LogP) is 4.77. The Balaban J connectivity index is 1.63. The number of aryl methyl sites for hydroxylation is 2. The minimum atomic E-state index is 0.449. The molecule has 7 heteroatoms. The van der Waals surface area contributed by atoms with Gasteiger partial charge in [0.05, 0.1) is 10.2 Å². The Labute approximate surface area is 155 Å². The summed E-state index contributed by atoms with van der Waals surface area (Å²) in [4.78, 5) is 13.2. The Morgan fingerprint density at radius 2 is 1.73 bits per heavy atom. The molecule has 4 N–H and O–H groups in total. The van der Waals surface area contributed by atoms with Crippen LogP contribution in [0.3, 0.4) is 0 Å². The molecule has 0 aliphatic carbocycles. The van der Waals surface area contributed by atoms with Crippen molar-refractivity contribution in [1.29, 1.82) is 0 Å². The second kappa shape index (κ2) is 6.61. The van der Waals surface area contributed by atoms with Gasteiger partial charge in [0.2, 0.25) is 0 Å². The van der Waals surface area contributed by atoms with Crippen LogP contribution in [0.25, 0.3) is 10.2 Å². The van der Waals surface area contributed by atoms with Crippen molar-refractivity contribution in [1.82, 2.24) is 15.0 Å². The molecule has 2 aromatic carbocycles. The van der Waals surface area contributed by atoms with Gasteiger partial charge < -0.3 is 16.4 Å². The summed E-state index contributed by atoms with van der Waals surface area (Å²) in [5.41, 5.74) is 10.9. The molecule has 0 aliphatic heterocycles. The van der Waals surface area contributed by atoms with Gasteiger partial charge in [-0.25, -0.2) is 15.0 Å². The van der Waals surface area contributed by atoms with Crippen LogP contribution in [0.2, 0.25) is 0 Å². The van der Waals surface area contributed by atoms with Gasteiger partial charge in [-0.15, -0.1) is 0 Å². The molecule has 2 aromatic heterocycles. The SMILES string of the molecule is Cc1cccc(Nc2ncnc(Nc3nc4c(C)cccc4s3)c2N)c1.